The van der Waals surface area contributed by atoms with E-state index in [9.17, 15) is 9.59 Å². The van der Waals surface area contributed by atoms with Crippen molar-refractivity contribution in [3.63, 3.8) is 0 Å². The highest BCUT2D eigenvalue weighted by molar-refractivity contribution is 5.95. The van der Waals surface area contributed by atoms with E-state index in [1.165, 1.54) is 6.92 Å². The minimum atomic E-state index is -0.224. The van der Waals surface area contributed by atoms with Gasteiger partial charge < -0.3 is 19.4 Å². The molecule has 152 valence electrons. The number of aryl methyl sites for hydroxylation is 3. The topological polar surface area (TPSA) is 82.4 Å². The van der Waals surface area contributed by atoms with Gasteiger partial charge in [-0.15, -0.1) is 0 Å². The van der Waals surface area contributed by atoms with Crippen LogP contribution in [0.4, 0.5) is 11.5 Å². The number of hydrogen-bond donors (Lipinski definition) is 1. The maximum atomic E-state index is 13.1. The first-order valence-corrected chi connectivity index (χ1v) is 9.25. The third-order valence-corrected chi connectivity index (χ3v) is 4.64. The van der Waals surface area contributed by atoms with Crippen molar-refractivity contribution in [1.82, 2.24) is 9.55 Å². The first-order valence-electron chi connectivity index (χ1n) is 9.25. The Labute approximate surface area is 165 Å². The second-order valence-corrected chi connectivity index (χ2v) is 7.00. The minimum absolute atomic E-state index is 0.00865. The van der Waals surface area contributed by atoms with Crippen molar-refractivity contribution in [2.75, 3.05) is 32.8 Å². The summed E-state index contributed by atoms with van der Waals surface area (Å²) in [5.41, 5.74) is 3.69. The Morgan fingerprint density at radius 3 is 2.36 bits per heavy atom. The van der Waals surface area contributed by atoms with E-state index in [0.717, 1.165) is 22.5 Å². The van der Waals surface area contributed by atoms with Crippen LogP contribution in [0.1, 0.15) is 46.6 Å². The minimum Gasteiger partial charge on any atom is -0.385 e. The molecule has 0 aliphatic rings. The molecule has 1 aromatic heterocycles. The van der Waals surface area contributed by atoms with Gasteiger partial charge in [0.05, 0.1) is 18.3 Å². The Balaban J connectivity index is 2.46. The average molecular weight is 387 g/mol. The number of ketones is 1. The molecule has 1 atom stereocenters. The molecule has 0 radical (unpaired) electrons. The van der Waals surface area contributed by atoms with Crippen LogP contribution in [0.25, 0.3) is 0 Å². The van der Waals surface area contributed by atoms with Crippen molar-refractivity contribution in [1.29, 1.82) is 0 Å². The van der Waals surface area contributed by atoms with E-state index in [1.54, 1.807) is 25.0 Å². The number of methoxy groups -OCH3 is 2. The number of anilines is 2. The molecule has 0 fully saturated rings. The van der Waals surface area contributed by atoms with Gasteiger partial charge in [-0.25, -0.2) is 4.98 Å². The van der Waals surface area contributed by atoms with E-state index in [2.05, 4.69) is 10.3 Å². The van der Waals surface area contributed by atoms with Crippen LogP contribution < -0.4 is 10.9 Å². The summed E-state index contributed by atoms with van der Waals surface area (Å²) in [6.07, 6.45) is 2.39. The normalized spacial score (nSPS) is 12.1. The van der Waals surface area contributed by atoms with E-state index in [4.69, 9.17) is 9.47 Å². The molecule has 0 saturated heterocycles. The van der Waals surface area contributed by atoms with Gasteiger partial charge in [0.2, 0.25) is 0 Å². The van der Waals surface area contributed by atoms with Gasteiger partial charge in [0.15, 0.2) is 11.6 Å². The summed E-state index contributed by atoms with van der Waals surface area (Å²) in [6.45, 7) is 8.12. The Morgan fingerprint density at radius 1 is 1.18 bits per heavy atom. The number of Topliss-reactive ketones (excluding diaryl/α,β-unsaturated/α-hetero) is 1. The van der Waals surface area contributed by atoms with Crippen LogP contribution in [0, 0.1) is 20.8 Å². The molecule has 28 heavy (non-hydrogen) atoms. The van der Waals surface area contributed by atoms with Crippen molar-refractivity contribution in [2.45, 2.75) is 40.2 Å². The molecule has 1 aromatic carbocycles. The summed E-state index contributed by atoms with van der Waals surface area (Å²) in [5, 5.41) is 3.18. The summed E-state index contributed by atoms with van der Waals surface area (Å²) < 4.78 is 12.1. The zero-order chi connectivity index (χ0) is 20.8. The van der Waals surface area contributed by atoms with Crippen molar-refractivity contribution in [3.05, 3.63) is 51.1 Å². The van der Waals surface area contributed by atoms with Crippen molar-refractivity contribution in [2.24, 2.45) is 0 Å². The number of rotatable bonds is 9. The fourth-order valence-corrected chi connectivity index (χ4v) is 3.22. The maximum Gasteiger partial charge on any atom is 0.294 e. The number of carbonyl (C=O) groups excluding carboxylic acids is 1. The van der Waals surface area contributed by atoms with E-state index in [0.29, 0.717) is 25.2 Å². The zero-order valence-electron chi connectivity index (χ0n) is 17.5. The van der Waals surface area contributed by atoms with E-state index in [-0.39, 0.29) is 23.2 Å². The lowest BCUT2D eigenvalue weighted by molar-refractivity contribution is 0.101. The van der Waals surface area contributed by atoms with Gasteiger partial charge in [-0.1, -0.05) is 0 Å². The molecular formula is C21H29N3O4. The molecule has 0 amide bonds. The lowest BCUT2D eigenvalue weighted by Crippen LogP contribution is -2.31. The quantitative estimate of drug-likeness (QED) is 0.665. The largest absolute Gasteiger partial charge is 0.385 e. The van der Waals surface area contributed by atoms with Gasteiger partial charge in [0, 0.05) is 38.3 Å². The maximum absolute atomic E-state index is 13.1. The third-order valence-electron chi connectivity index (χ3n) is 4.64. The Bertz CT molecular complexity index is 882. The standard InChI is InChI=1S/C21H29N3O4/c1-13-9-17(16(4)25)10-14(2)19(13)23-20-21(26)24(11-15(3)22-20)18(12-28-6)7-8-27-5/h9-11,18H,7-8,12H2,1-6H3,(H,22,23). The lowest BCUT2D eigenvalue weighted by Gasteiger charge is -2.21. The first kappa shape index (κ1) is 21.8. The van der Waals surface area contributed by atoms with Crippen molar-refractivity contribution in [3.8, 4) is 0 Å². The van der Waals surface area contributed by atoms with Crippen LogP contribution in [-0.2, 0) is 9.47 Å². The fraction of sp³-hybridized carbons (Fsp3) is 0.476. The van der Waals surface area contributed by atoms with Crippen LogP contribution in [0.2, 0.25) is 0 Å². The van der Waals surface area contributed by atoms with Crippen LogP contribution in [0.3, 0.4) is 0 Å². The van der Waals surface area contributed by atoms with Crippen LogP contribution in [0.5, 0.6) is 0 Å². The van der Waals surface area contributed by atoms with Crippen molar-refractivity contribution >= 4 is 17.3 Å². The number of aromatic nitrogens is 2. The lowest BCUT2D eigenvalue weighted by atomic mass is 10.0. The van der Waals surface area contributed by atoms with E-state index in [1.807, 2.05) is 32.9 Å². The first-order chi connectivity index (χ1) is 13.3. The molecule has 0 spiro atoms. The molecule has 7 heteroatoms. The van der Waals surface area contributed by atoms with Gasteiger partial charge in [-0.2, -0.15) is 0 Å². The van der Waals surface area contributed by atoms with E-state index >= 15 is 0 Å². The van der Waals surface area contributed by atoms with Gasteiger partial charge in [0.25, 0.3) is 5.56 Å². The number of nitrogens with zero attached hydrogens (tertiary/aromatic N) is 2. The highest BCUT2D eigenvalue weighted by atomic mass is 16.5. The monoisotopic (exact) mass is 387 g/mol. The molecule has 0 aliphatic heterocycles. The number of carbonyl (C=O) groups is 1. The highest BCUT2D eigenvalue weighted by Crippen LogP contribution is 2.25. The highest BCUT2D eigenvalue weighted by Gasteiger charge is 2.17. The predicted octanol–water partition coefficient (Wildman–Crippen LogP) is 3.34. The fourth-order valence-electron chi connectivity index (χ4n) is 3.22. The van der Waals surface area contributed by atoms with Gasteiger partial charge >= 0.3 is 0 Å². The molecular weight excluding hydrogens is 358 g/mol. The predicted molar refractivity (Wildman–Crippen MR) is 110 cm³/mol. The zero-order valence-corrected chi connectivity index (χ0v) is 17.5. The Kier molecular flexibility index (Phi) is 7.48. The van der Waals surface area contributed by atoms with Crippen LogP contribution in [0.15, 0.2) is 23.1 Å². The summed E-state index contributed by atoms with van der Waals surface area (Å²) in [7, 11) is 3.25. The van der Waals surface area contributed by atoms with Crippen LogP contribution in [-0.4, -0.2) is 42.8 Å². The molecule has 1 N–H and O–H groups in total. The summed E-state index contributed by atoms with van der Waals surface area (Å²) in [4.78, 5) is 29.2. The van der Waals surface area contributed by atoms with Crippen LogP contribution >= 0.6 is 0 Å². The van der Waals surface area contributed by atoms with Gasteiger partial charge in [0.1, 0.15) is 0 Å². The second kappa shape index (κ2) is 9.61. The third kappa shape index (κ3) is 5.05. The average Bonchev–Trinajstić information content (AvgIpc) is 2.63. The molecule has 2 rings (SSSR count). The Hall–Kier alpha value is -2.51. The number of nitrogens with one attached hydrogen (secondary N) is 1. The molecule has 0 saturated carbocycles. The molecule has 2 aromatic rings. The Morgan fingerprint density at radius 2 is 1.82 bits per heavy atom. The summed E-state index contributed by atoms with van der Waals surface area (Å²) in [6, 6.07) is 3.48. The molecule has 0 aliphatic carbocycles. The molecule has 7 nitrogen and oxygen atoms in total. The smallest absolute Gasteiger partial charge is 0.294 e. The number of ether oxygens (including phenoxy) is 2. The second-order valence-electron chi connectivity index (χ2n) is 7.00. The number of benzene rings is 1. The SMILES string of the molecule is COCCC(COC)n1cc(C)nc(Nc2c(C)cc(C(C)=O)cc2C)c1=O. The van der Waals surface area contributed by atoms with Crippen molar-refractivity contribution < 1.29 is 14.3 Å². The van der Waals surface area contributed by atoms with E-state index < -0.39 is 0 Å². The molecule has 0 bridgehead atoms. The molecule has 1 unspecified atom stereocenters. The number of hydrogen-bond acceptors (Lipinski definition) is 6. The van der Waals surface area contributed by atoms with Gasteiger partial charge in [-0.3, -0.25) is 9.59 Å². The summed E-state index contributed by atoms with van der Waals surface area (Å²) in [5.74, 6) is 0.259. The van der Waals surface area contributed by atoms with Gasteiger partial charge in [-0.05, 0) is 57.4 Å². The summed E-state index contributed by atoms with van der Waals surface area (Å²) >= 11 is 0. The molecule has 1 heterocycles.